The highest BCUT2D eigenvalue weighted by Crippen LogP contribution is 2.01. The number of aromatic nitrogens is 1. The number of pyridine rings is 1. The molecule has 92 valence electrons. The minimum atomic E-state index is -0.581. The fraction of sp³-hybridized carbons (Fsp3) is 0.300. The van der Waals surface area contributed by atoms with E-state index in [-0.39, 0.29) is 23.9 Å². The van der Waals surface area contributed by atoms with Gasteiger partial charge in [-0.25, -0.2) is 4.39 Å². The first-order valence-electron chi connectivity index (χ1n) is 4.90. The Kier molecular flexibility index (Phi) is 4.38. The molecule has 1 unspecified atom stereocenters. The Balaban J connectivity index is 2.56. The quantitative estimate of drug-likeness (QED) is 0.305. The zero-order valence-electron chi connectivity index (χ0n) is 9.22. The van der Waals surface area contributed by atoms with Crippen molar-refractivity contribution in [2.45, 2.75) is 6.92 Å². The van der Waals surface area contributed by atoms with Crippen LogP contribution in [0.5, 0.6) is 0 Å². The maximum absolute atomic E-state index is 12.8. The largest absolute Gasteiger partial charge is 0.409 e. The van der Waals surface area contributed by atoms with Crippen LogP contribution in [-0.2, 0) is 0 Å². The molecular formula is C10H13FN4O2. The first kappa shape index (κ1) is 12.9. The summed E-state index contributed by atoms with van der Waals surface area (Å²) in [4.78, 5) is 15.1. The van der Waals surface area contributed by atoms with Gasteiger partial charge in [-0.3, -0.25) is 9.78 Å². The van der Waals surface area contributed by atoms with E-state index in [0.717, 1.165) is 12.3 Å². The highest BCUT2D eigenvalue weighted by Gasteiger charge is 2.11. The Morgan fingerprint density at radius 1 is 1.71 bits per heavy atom. The summed E-state index contributed by atoms with van der Waals surface area (Å²) in [5.74, 6) is -1.34. The van der Waals surface area contributed by atoms with Crippen LogP contribution in [-0.4, -0.2) is 28.5 Å². The lowest BCUT2D eigenvalue weighted by molar-refractivity contribution is 0.0950. The van der Waals surface area contributed by atoms with Crippen LogP contribution in [0.15, 0.2) is 23.6 Å². The number of amides is 1. The Hall–Kier alpha value is -2.18. The van der Waals surface area contributed by atoms with Crippen molar-refractivity contribution in [1.82, 2.24) is 10.3 Å². The third kappa shape index (κ3) is 3.71. The number of carbonyl (C=O) groups excluding carboxylic acids is 1. The Morgan fingerprint density at radius 3 is 3.00 bits per heavy atom. The highest BCUT2D eigenvalue weighted by atomic mass is 19.1. The summed E-state index contributed by atoms with van der Waals surface area (Å²) < 4.78 is 12.8. The minimum Gasteiger partial charge on any atom is -0.409 e. The van der Waals surface area contributed by atoms with E-state index in [0.29, 0.717) is 0 Å². The molecule has 0 bridgehead atoms. The second kappa shape index (κ2) is 5.78. The molecule has 4 N–H and O–H groups in total. The van der Waals surface area contributed by atoms with Gasteiger partial charge in [0.25, 0.3) is 5.91 Å². The van der Waals surface area contributed by atoms with Gasteiger partial charge in [0.1, 0.15) is 11.7 Å². The van der Waals surface area contributed by atoms with Crippen LogP contribution in [0.2, 0.25) is 0 Å². The first-order chi connectivity index (χ1) is 8.04. The lowest BCUT2D eigenvalue weighted by Crippen LogP contribution is -2.34. The number of carbonyl (C=O) groups is 1. The summed E-state index contributed by atoms with van der Waals surface area (Å²) >= 11 is 0. The molecule has 0 aliphatic heterocycles. The predicted molar refractivity (Wildman–Crippen MR) is 59.1 cm³/mol. The maximum Gasteiger partial charge on any atom is 0.252 e. The van der Waals surface area contributed by atoms with E-state index < -0.39 is 11.7 Å². The number of nitrogens with two attached hydrogens (primary N) is 1. The smallest absolute Gasteiger partial charge is 0.252 e. The molecule has 0 spiro atoms. The first-order valence-corrected chi connectivity index (χ1v) is 4.90. The van der Waals surface area contributed by atoms with Gasteiger partial charge in [-0.2, -0.15) is 0 Å². The molecule has 0 aliphatic rings. The molecule has 1 aromatic heterocycles. The number of halogens is 1. The number of nitrogens with zero attached hydrogens (tertiary/aromatic N) is 2. The second-order valence-corrected chi connectivity index (χ2v) is 3.53. The van der Waals surface area contributed by atoms with Gasteiger partial charge in [0, 0.05) is 18.7 Å². The lowest BCUT2D eigenvalue weighted by Gasteiger charge is -2.10. The molecule has 0 saturated carbocycles. The molecule has 0 aliphatic carbocycles. The molecule has 1 atom stereocenters. The van der Waals surface area contributed by atoms with Gasteiger partial charge in [0.2, 0.25) is 0 Å². The van der Waals surface area contributed by atoms with Crippen molar-refractivity contribution >= 4 is 11.7 Å². The van der Waals surface area contributed by atoms with Crippen LogP contribution in [0.1, 0.15) is 17.3 Å². The third-order valence-corrected chi connectivity index (χ3v) is 2.16. The summed E-state index contributed by atoms with van der Waals surface area (Å²) in [6.45, 7) is 1.87. The standard InChI is InChI=1S/C10H13FN4O2/c1-6(9(12)15-17)3-14-10(16)7-2-8(11)5-13-4-7/h2,4-6,17H,3H2,1H3,(H2,12,15)(H,14,16). The molecule has 1 heterocycles. The number of nitrogens with one attached hydrogen (secondary N) is 1. The third-order valence-electron chi connectivity index (χ3n) is 2.16. The van der Waals surface area contributed by atoms with Gasteiger partial charge in [-0.15, -0.1) is 0 Å². The number of hydrogen-bond donors (Lipinski definition) is 3. The van der Waals surface area contributed by atoms with Gasteiger partial charge < -0.3 is 16.3 Å². The average molecular weight is 240 g/mol. The molecule has 0 saturated heterocycles. The molecule has 0 aromatic carbocycles. The Labute approximate surface area is 97.3 Å². The molecular weight excluding hydrogens is 227 g/mol. The van der Waals surface area contributed by atoms with Crippen LogP contribution in [0.4, 0.5) is 4.39 Å². The van der Waals surface area contributed by atoms with E-state index in [9.17, 15) is 9.18 Å². The number of rotatable bonds is 4. The summed E-state index contributed by atoms with van der Waals surface area (Å²) in [6, 6.07) is 1.08. The van der Waals surface area contributed by atoms with Gasteiger partial charge >= 0.3 is 0 Å². The average Bonchev–Trinajstić information content (AvgIpc) is 2.34. The van der Waals surface area contributed by atoms with Crippen molar-refractivity contribution in [3.05, 3.63) is 29.8 Å². The maximum atomic E-state index is 12.8. The van der Waals surface area contributed by atoms with Gasteiger partial charge in [0.15, 0.2) is 0 Å². The van der Waals surface area contributed by atoms with Crippen LogP contribution >= 0.6 is 0 Å². The van der Waals surface area contributed by atoms with Crippen molar-refractivity contribution in [2.24, 2.45) is 16.8 Å². The van der Waals surface area contributed by atoms with Gasteiger partial charge in [0.05, 0.1) is 11.8 Å². The minimum absolute atomic E-state index is 0.0164. The fourth-order valence-corrected chi connectivity index (χ4v) is 1.09. The van der Waals surface area contributed by atoms with Crippen molar-refractivity contribution < 1.29 is 14.4 Å². The van der Waals surface area contributed by atoms with Crippen molar-refractivity contribution in [3.8, 4) is 0 Å². The van der Waals surface area contributed by atoms with Gasteiger partial charge in [-0.1, -0.05) is 12.1 Å². The summed E-state index contributed by atoms with van der Waals surface area (Å²) in [7, 11) is 0. The van der Waals surface area contributed by atoms with E-state index in [1.54, 1.807) is 6.92 Å². The van der Waals surface area contributed by atoms with E-state index in [2.05, 4.69) is 15.5 Å². The summed E-state index contributed by atoms with van der Waals surface area (Å²) in [5, 5.41) is 13.8. The summed E-state index contributed by atoms with van der Waals surface area (Å²) in [5.41, 5.74) is 5.46. The molecule has 6 nitrogen and oxygen atoms in total. The van der Waals surface area contributed by atoms with Crippen LogP contribution < -0.4 is 11.1 Å². The normalized spacial score (nSPS) is 13.2. The zero-order valence-corrected chi connectivity index (χ0v) is 9.22. The van der Waals surface area contributed by atoms with Crippen molar-refractivity contribution in [3.63, 3.8) is 0 Å². The van der Waals surface area contributed by atoms with Crippen molar-refractivity contribution in [2.75, 3.05) is 6.54 Å². The van der Waals surface area contributed by atoms with Gasteiger partial charge in [-0.05, 0) is 6.07 Å². The molecule has 1 rings (SSSR count). The SMILES string of the molecule is CC(CNC(=O)c1cncc(F)c1)/C(N)=N/O. The molecule has 0 fully saturated rings. The van der Waals surface area contributed by atoms with E-state index in [1.807, 2.05) is 0 Å². The topological polar surface area (TPSA) is 101 Å². The second-order valence-electron chi connectivity index (χ2n) is 3.53. The number of oxime groups is 1. The van der Waals surface area contributed by atoms with E-state index in [4.69, 9.17) is 10.9 Å². The molecule has 7 heteroatoms. The zero-order chi connectivity index (χ0) is 12.8. The van der Waals surface area contributed by atoms with E-state index in [1.165, 1.54) is 6.20 Å². The van der Waals surface area contributed by atoms with Crippen LogP contribution in [0, 0.1) is 11.7 Å². The number of hydrogen-bond acceptors (Lipinski definition) is 4. The highest BCUT2D eigenvalue weighted by molar-refractivity contribution is 5.94. The Bertz CT molecular complexity index is 436. The predicted octanol–water partition coefficient (Wildman–Crippen LogP) is 0.333. The molecule has 1 amide bonds. The molecule has 0 radical (unpaired) electrons. The Morgan fingerprint density at radius 2 is 2.41 bits per heavy atom. The fourth-order valence-electron chi connectivity index (χ4n) is 1.09. The van der Waals surface area contributed by atoms with Crippen LogP contribution in [0.3, 0.4) is 0 Å². The molecule has 17 heavy (non-hydrogen) atoms. The van der Waals surface area contributed by atoms with Crippen molar-refractivity contribution in [1.29, 1.82) is 0 Å². The van der Waals surface area contributed by atoms with Crippen LogP contribution in [0.25, 0.3) is 0 Å². The molecule has 1 aromatic rings. The monoisotopic (exact) mass is 240 g/mol. The van der Waals surface area contributed by atoms with E-state index >= 15 is 0 Å². The number of amidine groups is 1. The lowest BCUT2D eigenvalue weighted by atomic mass is 10.1. The summed E-state index contributed by atoms with van der Waals surface area (Å²) in [6.07, 6.45) is 2.27.